The Labute approximate surface area is 217 Å². The second-order valence-electron chi connectivity index (χ2n) is 9.16. The molecule has 0 unspecified atom stereocenters. The molecule has 0 aliphatic carbocycles. The largest absolute Gasteiger partial charge is 0.496 e. The van der Waals surface area contributed by atoms with Gasteiger partial charge < -0.3 is 19.3 Å². The van der Waals surface area contributed by atoms with Crippen LogP contribution in [0.5, 0.6) is 5.75 Å². The maximum atomic E-state index is 13.9. The van der Waals surface area contributed by atoms with Crippen molar-refractivity contribution in [3.8, 4) is 17.0 Å². The highest BCUT2D eigenvalue weighted by Gasteiger charge is 2.24. The molecule has 2 heterocycles. The van der Waals surface area contributed by atoms with Crippen LogP contribution in [0, 0.1) is 0 Å². The number of nitrogens with zero attached hydrogens (tertiary/aromatic N) is 4. The smallest absolute Gasteiger partial charge is 0.257 e. The van der Waals surface area contributed by atoms with Crippen molar-refractivity contribution in [3.63, 3.8) is 0 Å². The van der Waals surface area contributed by atoms with Crippen LogP contribution in [0.15, 0.2) is 85.1 Å². The first-order valence-electron chi connectivity index (χ1n) is 12.5. The van der Waals surface area contributed by atoms with Crippen LogP contribution in [0.1, 0.15) is 21.5 Å². The minimum absolute atomic E-state index is 0.0861. The number of anilines is 1. The highest BCUT2D eigenvalue weighted by atomic mass is 16.5. The molecule has 37 heavy (non-hydrogen) atoms. The summed E-state index contributed by atoms with van der Waals surface area (Å²) >= 11 is 0. The molecule has 0 saturated carbocycles. The van der Waals surface area contributed by atoms with Crippen LogP contribution in [0.3, 0.4) is 0 Å². The van der Waals surface area contributed by atoms with Gasteiger partial charge in [-0.2, -0.15) is 5.10 Å². The van der Waals surface area contributed by atoms with Gasteiger partial charge in [0.15, 0.2) is 0 Å². The summed E-state index contributed by atoms with van der Waals surface area (Å²) in [5.41, 5.74) is 5.33. The van der Waals surface area contributed by atoms with Gasteiger partial charge >= 0.3 is 0 Å². The molecule has 1 aromatic heterocycles. The minimum Gasteiger partial charge on any atom is -0.496 e. The van der Waals surface area contributed by atoms with Crippen LogP contribution in [-0.2, 0) is 17.8 Å². The summed E-state index contributed by atoms with van der Waals surface area (Å²) in [5, 5.41) is 4.85. The van der Waals surface area contributed by atoms with Crippen LogP contribution in [-0.4, -0.2) is 61.0 Å². The van der Waals surface area contributed by atoms with Crippen molar-refractivity contribution in [1.29, 1.82) is 0 Å². The fraction of sp³-hybridized carbons (Fsp3) is 0.267. The lowest BCUT2D eigenvalue weighted by atomic mass is 10.1. The van der Waals surface area contributed by atoms with Crippen LogP contribution in [0.2, 0.25) is 0 Å². The Morgan fingerprint density at radius 2 is 1.68 bits per heavy atom. The van der Waals surface area contributed by atoms with E-state index in [1.54, 1.807) is 12.0 Å². The lowest BCUT2D eigenvalue weighted by molar-refractivity contribution is 0.0785. The average Bonchev–Trinajstić information content (AvgIpc) is 3.37. The van der Waals surface area contributed by atoms with Crippen molar-refractivity contribution in [2.75, 3.05) is 45.4 Å². The summed E-state index contributed by atoms with van der Waals surface area (Å²) in [6, 6.07) is 26.1. The maximum absolute atomic E-state index is 13.9. The molecule has 3 aromatic carbocycles. The van der Waals surface area contributed by atoms with Gasteiger partial charge in [-0.25, -0.2) is 0 Å². The van der Waals surface area contributed by atoms with Gasteiger partial charge in [-0.3, -0.25) is 9.48 Å². The number of amides is 1. The monoisotopic (exact) mass is 496 g/mol. The molecule has 1 saturated heterocycles. The molecular weight excluding hydrogens is 464 g/mol. The number of benzene rings is 3. The van der Waals surface area contributed by atoms with E-state index in [0.717, 1.165) is 35.5 Å². The van der Waals surface area contributed by atoms with Crippen molar-refractivity contribution in [2.24, 2.45) is 0 Å². The number of carbonyl (C=O) groups is 1. The summed E-state index contributed by atoms with van der Waals surface area (Å²) in [5.74, 6) is 0.596. The van der Waals surface area contributed by atoms with E-state index in [0.29, 0.717) is 43.3 Å². The Hall–Kier alpha value is -4.10. The molecule has 0 radical (unpaired) electrons. The van der Waals surface area contributed by atoms with Gasteiger partial charge in [0.2, 0.25) is 0 Å². The van der Waals surface area contributed by atoms with Crippen molar-refractivity contribution < 1.29 is 14.3 Å². The van der Waals surface area contributed by atoms with Gasteiger partial charge in [-0.05, 0) is 29.3 Å². The van der Waals surface area contributed by atoms with Crippen LogP contribution < -0.4 is 9.64 Å². The molecule has 1 fully saturated rings. The molecular formula is C30H32N4O3. The van der Waals surface area contributed by atoms with Crippen LogP contribution >= 0.6 is 0 Å². The predicted octanol–water partition coefficient (Wildman–Crippen LogP) is 4.72. The van der Waals surface area contributed by atoms with E-state index in [4.69, 9.17) is 14.6 Å². The first-order valence-corrected chi connectivity index (χ1v) is 12.5. The Morgan fingerprint density at radius 3 is 2.46 bits per heavy atom. The molecule has 5 rings (SSSR count). The molecule has 0 spiro atoms. The zero-order valence-electron chi connectivity index (χ0n) is 21.3. The molecule has 1 aliphatic heterocycles. The number of hydrogen-bond acceptors (Lipinski definition) is 5. The molecule has 1 amide bonds. The summed E-state index contributed by atoms with van der Waals surface area (Å²) in [6.45, 7) is 4.18. The topological polar surface area (TPSA) is 59.8 Å². The lowest BCUT2D eigenvalue weighted by Gasteiger charge is -2.31. The average molecular weight is 497 g/mol. The van der Waals surface area contributed by atoms with E-state index in [1.165, 1.54) is 0 Å². The molecule has 7 heteroatoms. The summed E-state index contributed by atoms with van der Waals surface area (Å²) in [4.78, 5) is 18.0. The molecule has 0 atom stereocenters. The molecule has 0 bridgehead atoms. The zero-order chi connectivity index (χ0) is 25.6. The van der Waals surface area contributed by atoms with Gasteiger partial charge in [-0.1, -0.05) is 60.7 Å². The second kappa shape index (κ2) is 11.3. The molecule has 7 nitrogen and oxygen atoms in total. The number of aromatic nitrogens is 2. The van der Waals surface area contributed by atoms with Gasteiger partial charge in [0.05, 0.1) is 32.4 Å². The number of methoxy groups -OCH3 is 1. The van der Waals surface area contributed by atoms with E-state index < -0.39 is 0 Å². The normalized spacial score (nSPS) is 13.4. The SMILES string of the molecule is COc1ccccc1-c1nn(Cc2ccccc2)cc1C(=O)N(C)Cc1ccccc1N1CCOCC1. The molecule has 1 aliphatic rings. The van der Waals surface area contributed by atoms with E-state index in [2.05, 4.69) is 29.2 Å². The number of rotatable bonds is 8. The van der Waals surface area contributed by atoms with Gasteiger partial charge in [0.1, 0.15) is 11.4 Å². The number of para-hydroxylation sites is 2. The van der Waals surface area contributed by atoms with Crippen molar-refractivity contribution in [1.82, 2.24) is 14.7 Å². The Balaban J connectivity index is 1.46. The first-order chi connectivity index (χ1) is 18.1. The Kier molecular flexibility index (Phi) is 7.51. The molecule has 190 valence electrons. The Morgan fingerprint density at radius 1 is 0.973 bits per heavy atom. The number of morpholine rings is 1. The third-order valence-corrected chi connectivity index (χ3v) is 6.64. The lowest BCUT2D eigenvalue weighted by Crippen LogP contribution is -2.37. The highest BCUT2D eigenvalue weighted by Crippen LogP contribution is 2.32. The van der Waals surface area contributed by atoms with Gasteiger partial charge in [0, 0.05) is 44.1 Å². The molecule has 4 aromatic rings. The number of carbonyl (C=O) groups excluding carboxylic acids is 1. The van der Waals surface area contributed by atoms with Crippen LogP contribution in [0.25, 0.3) is 11.3 Å². The highest BCUT2D eigenvalue weighted by molar-refractivity contribution is 6.00. The van der Waals surface area contributed by atoms with E-state index >= 15 is 0 Å². The van der Waals surface area contributed by atoms with Crippen molar-refractivity contribution in [2.45, 2.75) is 13.1 Å². The Bertz CT molecular complexity index is 1350. The number of hydrogen-bond donors (Lipinski definition) is 0. The maximum Gasteiger partial charge on any atom is 0.257 e. The quantitative estimate of drug-likeness (QED) is 0.353. The first kappa shape index (κ1) is 24.6. The van der Waals surface area contributed by atoms with Gasteiger partial charge in [0.25, 0.3) is 5.91 Å². The fourth-order valence-corrected chi connectivity index (χ4v) is 4.76. The minimum atomic E-state index is -0.0861. The number of ether oxygens (including phenoxy) is 2. The fourth-order valence-electron chi connectivity index (χ4n) is 4.76. The third kappa shape index (κ3) is 5.52. The molecule has 0 N–H and O–H groups in total. The summed E-state index contributed by atoms with van der Waals surface area (Å²) < 4.78 is 13.0. The summed E-state index contributed by atoms with van der Waals surface area (Å²) in [6.07, 6.45) is 1.85. The summed E-state index contributed by atoms with van der Waals surface area (Å²) in [7, 11) is 3.48. The van der Waals surface area contributed by atoms with Crippen molar-refractivity contribution >= 4 is 11.6 Å². The van der Waals surface area contributed by atoms with Gasteiger partial charge in [-0.15, -0.1) is 0 Å². The standard InChI is InChI=1S/C30H32N4O3/c1-32(21-24-12-6-8-14-27(24)33-16-18-37-19-17-33)30(35)26-22-34(20-23-10-4-3-5-11-23)31-29(26)25-13-7-9-15-28(25)36-2/h3-15,22H,16-21H2,1-2H3. The van der Waals surface area contributed by atoms with E-state index in [1.807, 2.05) is 72.5 Å². The zero-order valence-corrected chi connectivity index (χ0v) is 21.3. The second-order valence-corrected chi connectivity index (χ2v) is 9.16. The van der Waals surface area contributed by atoms with E-state index in [-0.39, 0.29) is 5.91 Å². The van der Waals surface area contributed by atoms with Crippen molar-refractivity contribution in [3.05, 3.63) is 102 Å². The third-order valence-electron chi connectivity index (χ3n) is 6.64. The predicted molar refractivity (Wildman–Crippen MR) is 145 cm³/mol. The van der Waals surface area contributed by atoms with E-state index in [9.17, 15) is 4.79 Å². The van der Waals surface area contributed by atoms with Crippen LogP contribution in [0.4, 0.5) is 5.69 Å².